The summed E-state index contributed by atoms with van der Waals surface area (Å²) in [6.45, 7) is 0. The van der Waals surface area contributed by atoms with Gasteiger partial charge < -0.3 is 4.74 Å². The van der Waals surface area contributed by atoms with E-state index >= 15 is 0 Å². The number of nitrogens with zero attached hydrogens (tertiary/aromatic N) is 1. The van der Waals surface area contributed by atoms with Crippen LogP contribution >= 0.6 is 0 Å². The predicted molar refractivity (Wildman–Crippen MR) is 96.0 cm³/mol. The molecule has 0 radical (unpaired) electrons. The van der Waals surface area contributed by atoms with Crippen molar-refractivity contribution in [1.82, 2.24) is 0 Å². The van der Waals surface area contributed by atoms with Crippen LogP contribution in [0, 0.1) is 0 Å². The van der Waals surface area contributed by atoms with Gasteiger partial charge in [-0.25, -0.2) is 4.99 Å². The van der Waals surface area contributed by atoms with Gasteiger partial charge in [0.25, 0.3) is 5.91 Å². The highest BCUT2D eigenvalue weighted by molar-refractivity contribution is 6.18. The number of carbonyl (C=O) groups is 1. The van der Waals surface area contributed by atoms with E-state index in [9.17, 15) is 18.0 Å². The van der Waals surface area contributed by atoms with Crippen molar-refractivity contribution in [2.24, 2.45) is 4.99 Å². The van der Waals surface area contributed by atoms with E-state index in [0.717, 1.165) is 0 Å². The van der Waals surface area contributed by atoms with Gasteiger partial charge in [-0.05, 0) is 36.4 Å². The largest absolute Gasteiger partial charge is 0.573 e. The van der Waals surface area contributed by atoms with Gasteiger partial charge in [-0.1, -0.05) is 48.5 Å². The monoisotopic (exact) mass is 369 g/mol. The zero-order chi connectivity index (χ0) is 19.3. The third kappa shape index (κ3) is 5.04. The topological polar surface area (TPSA) is 38.7 Å². The first-order chi connectivity index (χ1) is 12.9. The van der Waals surface area contributed by atoms with Gasteiger partial charge in [-0.2, -0.15) is 0 Å². The maximum Gasteiger partial charge on any atom is 0.573 e. The quantitative estimate of drug-likeness (QED) is 0.588. The Labute approximate surface area is 153 Å². The summed E-state index contributed by atoms with van der Waals surface area (Å²) in [5.41, 5.74) is 1.96. The summed E-state index contributed by atoms with van der Waals surface area (Å²) in [5, 5.41) is 0. The average molecular weight is 369 g/mol. The van der Waals surface area contributed by atoms with Gasteiger partial charge in [-0.15, -0.1) is 13.2 Å². The average Bonchev–Trinajstić information content (AvgIpc) is 2.67. The Morgan fingerprint density at radius 1 is 0.704 bits per heavy atom. The minimum absolute atomic E-state index is 0.340. The lowest BCUT2D eigenvalue weighted by atomic mass is 10.0. The fraction of sp³-hybridized carbons (Fsp3) is 0.0476. The Hall–Kier alpha value is -3.41. The number of carbonyl (C=O) groups excluding carboxylic acids is 1. The Kier molecular flexibility index (Phi) is 5.35. The smallest absolute Gasteiger partial charge is 0.406 e. The zero-order valence-corrected chi connectivity index (χ0v) is 14.0. The summed E-state index contributed by atoms with van der Waals surface area (Å²) in [6.07, 6.45) is -4.76. The van der Waals surface area contributed by atoms with Crippen molar-refractivity contribution < 1.29 is 22.7 Å². The van der Waals surface area contributed by atoms with Gasteiger partial charge in [0, 0.05) is 16.7 Å². The number of hydrogen-bond donors (Lipinski definition) is 0. The fourth-order valence-corrected chi connectivity index (χ4v) is 2.45. The van der Waals surface area contributed by atoms with Crippen LogP contribution in [0.5, 0.6) is 5.75 Å². The van der Waals surface area contributed by atoms with E-state index in [4.69, 9.17) is 0 Å². The molecule has 27 heavy (non-hydrogen) atoms. The summed E-state index contributed by atoms with van der Waals surface area (Å²) >= 11 is 0. The summed E-state index contributed by atoms with van der Waals surface area (Å²) in [4.78, 5) is 16.7. The molecule has 0 aromatic heterocycles. The molecule has 0 heterocycles. The minimum atomic E-state index is -4.76. The molecule has 3 rings (SSSR count). The zero-order valence-electron chi connectivity index (χ0n) is 14.0. The summed E-state index contributed by atoms with van der Waals surface area (Å²) in [6, 6.07) is 22.7. The van der Waals surface area contributed by atoms with Gasteiger partial charge in [0.05, 0.1) is 5.71 Å². The lowest BCUT2D eigenvalue weighted by Gasteiger charge is -2.11. The molecule has 0 spiro atoms. The first-order valence-corrected chi connectivity index (χ1v) is 8.02. The number of rotatable bonds is 4. The maximum absolute atomic E-state index is 12.5. The molecule has 0 aliphatic carbocycles. The molecule has 0 saturated carbocycles. The molecule has 0 atom stereocenters. The second-order valence-corrected chi connectivity index (χ2v) is 5.57. The molecule has 0 unspecified atom stereocenters. The van der Waals surface area contributed by atoms with E-state index in [1.807, 2.05) is 6.07 Å². The number of amides is 1. The number of alkyl halides is 3. The van der Waals surface area contributed by atoms with E-state index in [-0.39, 0.29) is 5.75 Å². The third-order valence-corrected chi connectivity index (χ3v) is 3.64. The molecule has 6 heteroatoms. The standard InChI is InChI=1S/C21H14F3NO2/c22-21(23,24)27-18-13-11-16(12-14-18)19(15-7-3-1-4-8-15)25-20(26)17-9-5-2-6-10-17/h1-14H. The highest BCUT2D eigenvalue weighted by Crippen LogP contribution is 2.24. The summed E-state index contributed by atoms with van der Waals surface area (Å²) in [7, 11) is 0. The van der Waals surface area contributed by atoms with Crippen molar-refractivity contribution in [3.05, 3.63) is 102 Å². The van der Waals surface area contributed by atoms with Crippen LogP contribution in [0.3, 0.4) is 0 Å². The van der Waals surface area contributed by atoms with Crippen LogP contribution in [0.1, 0.15) is 21.5 Å². The van der Waals surface area contributed by atoms with Gasteiger partial charge in [0.1, 0.15) is 5.75 Å². The number of hydrogen-bond acceptors (Lipinski definition) is 2. The van der Waals surface area contributed by atoms with Gasteiger partial charge in [0.2, 0.25) is 0 Å². The number of ether oxygens (including phenoxy) is 1. The van der Waals surface area contributed by atoms with Crippen LogP contribution in [0.25, 0.3) is 0 Å². The van der Waals surface area contributed by atoms with Crippen LogP contribution in [0.4, 0.5) is 13.2 Å². The van der Waals surface area contributed by atoms with Gasteiger partial charge >= 0.3 is 6.36 Å². The van der Waals surface area contributed by atoms with E-state index < -0.39 is 12.3 Å². The molecule has 3 aromatic rings. The molecule has 0 aliphatic rings. The van der Waals surface area contributed by atoms with E-state index in [1.165, 1.54) is 24.3 Å². The van der Waals surface area contributed by atoms with Crippen LogP contribution in [-0.4, -0.2) is 18.0 Å². The Bertz CT molecular complexity index is 935. The Balaban J connectivity index is 1.98. The highest BCUT2D eigenvalue weighted by Gasteiger charge is 2.31. The van der Waals surface area contributed by atoms with E-state index in [0.29, 0.717) is 22.4 Å². The van der Waals surface area contributed by atoms with Gasteiger partial charge in [-0.3, -0.25) is 4.79 Å². The van der Waals surface area contributed by atoms with Crippen molar-refractivity contribution in [3.63, 3.8) is 0 Å². The molecular formula is C21H14F3NO2. The summed E-state index contributed by atoms with van der Waals surface area (Å²) in [5.74, 6) is -0.780. The van der Waals surface area contributed by atoms with Crippen molar-refractivity contribution >= 4 is 11.6 Å². The van der Waals surface area contributed by atoms with E-state index in [1.54, 1.807) is 54.6 Å². The normalized spacial score (nSPS) is 11.9. The molecule has 0 saturated heterocycles. The number of aliphatic imine (C=N–C) groups is 1. The molecule has 3 aromatic carbocycles. The third-order valence-electron chi connectivity index (χ3n) is 3.64. The molecule has 0 N–H and O–H groups in total. The molecule has 0 aliphatic heterocycles. The lowest BCUT2D eigenvalue weighted by Crippen LogP contribution is -2.17. The first-order valence-electron chi connectivity index (χ1n) is 8.02. The molecular weight excluding hydrogens is 355 g/mol. The first kappa shape index (κ1) is 18.4. The molecule has 1 amide bonds. The van der Waals surface area contributed by atoms with Crippen molar-refractivity contribution in [2.45, 2.75) is 6.36 Å². The SMILES string of the molecule is O=C(N=C(c1ccccc1)c1ccc(OC(F)(F)F)cc1)c1ccccc1. The lowest BCUT2D eigenvalue weighted by molar-refractivity contribution is -0.274. The fourth-order valence-electron chi connectivity index (χ4n) is 2.45. The number of benzene rings is 3. The van der Waals surface area contributed by atoms with Crippen LogP contribution < -0.4 is 4.74 Å². The molecule has 136 valence electrons. The summed E-state index contributed by atoms with van der Waals surface area (Å²) < 4.78 is 40.9. The Morgan fingerprint density at radius 2 is 1.19 bits per heavy atom. The predicted octanol–water partition coefficient (Wildman–Crippen LogP) is 5.26. The van der Waals surface area contributed by atoms with Crippen LogP contribution in [-0.2, 0) is 0 Å². The molecule has 0 fully saturated rings. The van der Waals surface area contributed by atoms with Crippen LogP contribution in [0.15, 0.2) is 89.9 Å². The minimum Gasteiger partial charge on any atom is -0.406 e. The van der Waals surface area contributed by atoms with Gasteiger partial charge in [0.15, 0.2) is 0 Å². The maximum atomic E-state index is 12.5. The van der Waals surface area contributed by atoms with Crippen molar-refractivity contribution in [2.75, 3.05) is 0 Å². The Morgan fingerprint density at radius 3 is 1.70 bits per heavy atom. The van der Waals surface area contributed by atoms with E-state index in [2.05, 4.69) is 9.73 Å². The van der Waals surface area contributed by atoms with Crippen LogP contribution in [0.2, 0.25) is 0 Å². The molecule has 0 bridgehead atoms. The molecule has 3 nitrogen and oxygen atoms in total. The number of halogens is 3. The second-order valence-electron chi connectivity index (χ2n) is 5.57. The highest BCUT2D eigenvalue weighted by atomic mass is 19.4. The van der Waals surface area contributed by atoms with Crippen molar-refractivity contribution in [1.29, 1.82) is 0 Å². The second kappa shape index (κ2) is 7.86. The van der Waals surface area contributed by atoms with Crippen molar-refractivity contribution in [3.8, 4) is 5.75 Å².